The number of carboxylic acid groups (broad SMARTS) is 1. The Bertz CT molecular complexity index is 1440. The van der Waals surface area contributed by atoms with E-state index in [1.807, 2.05) is 0 Å². The van der Waals surface area contributed by atoms with Gasteiger partial charge >= 0.3 is 18.5 Å². The smallest absolute Gasteiger partial charge is 0.487 e. The first-order valence-electron chi connectivity index (χ1n) is 12.6. The van der Waals surface area contributed by atoms with Gasteiger partial charge in [0.25, 0.3) is 0 Å². The minimum absolute atomic E-state index is 0.0783. The number of hydrogen-bond acceptors (Lipinski definition) is 5. The number of carbonyl (C=O) groups is 1. The van der Waals surface area contributed by atoms with Crippen molar-refractivity contribution < 1.29 is 50.5 Å². The molecule has 1 N–H and O–H groups in total. The van der Waals surface area contributed by atoms with Crippen molar-refractivity contribution in [1.82, 2.24) is 9.78 Å². The first-order chi connectivity index (χ1) is 20.1. The molecule has 232 valence electrons. The van der Waals surface area contributed by atoms with Gasteiger partial charge in [-0.3, -0.25) is 0 Å². The number of hydrogen-bond donors (Lipinski definition) is 1. The van der Waals surface area contributed by atoms with E-state index in [0.29, 0.717) is 39.7 Å². The van der Waals surface area contributed by atoms with Crippen molar-refractivity contribution in [3.05, 3.63) is 90.7 Å². The Hall–Kier alpha value is -4.68. The van der Waals surface area contributed by atoms with Crippen LogP contribution in [-0.2, 0) is 11.4 Å². The van der Waals surface area contributed by atoms with Crippen LogP contribution in [0.5, 0.6) is 17.2 Å². The fourth-order valence-electron chi connectivity index (χ4n) is 3.49. The molecule has 0 aliphatic carbocycles. The van der Waals surface area contributed by atoms with Crippen LogP contribution >= 0.6 is 0 Å². The summed E-state index contributed by atoms with van der Waals surface area (Å²) in [5.74, 6) is -0.475. The van der Waals surface area contributed by atoms with Gasteiger partial charge in [0.2, 0.25) is 0 Å². The molecule has 0 bridgehead atoms. The number of aromatic nitrogens is 2. The Labute approximate surface area is 244 Å². The molecule has 0 saturated heterocycles. The molecule has 43 heavy (non-hydrogen) atoms. The zero-order chi connectivity index (χ0) is 32.2. The lowest BCUT2D eigenvalue weighted by molar-refractivity contribution is -0.274. The van der Waals surface area contributed by atoms with Gasteiger partial charge in [0, 0.05) is 11.3 Å². The molecule has 0 spiro atoms. The van der Waals surface area contributed by atoms with Crippen molar-refractivity contribution >= 4 is 11.7 Å². The predicted octanol–water partition coefficient (Wildman–Crippen LogP) is 8.36. The zero-order valence-electron chi connectivity index (χ0n) is 23.5. The minimum atomic E-state index is -4.80. The van der Waals surface area contributed by atoms with Crippen LogP contribution < -0.4 is 14.2 Å². The number of halogens is 6. The van der Waals surface area contributed by atoms with Gasteiger partial charge in [-0.2, -0.15) is 18.3 Å². The van der Waals surface area contributed by atoms with Crippen LogP contribution in [0, 0.1) is 6.92 Å². The van der Waals surface area contributed by atoms with Crippen molar-refractivity contribution in [3.63, 3.8) is 0 Å². The van der Waals surface area contributed by atoms with Crippen molar-refractivity contribution in [2.24, 2.45) is 0 Å². The summed E-state index contributed by atoms with van der Waals surface area (Å²) in [6.07, 6.45) is -3.89. The van der Waals surface area contributed by atoms with Crippen LogP contribution in [0.4, 0.5) is 26.3 Å². The molecule has 0 unspecified atom stereocenters. The summed E-state index contributed by atoms with van der Waals surface area (Å²) in [6, 6.07) is 12.3. The standard InChI is InChI=1S/C25H23F3N2O5.C5H7F3/c1-4-6-17(3)30-22(18-7-5-8-21(12-18)35-25(26,27)28)13-19(29-30)14-33-20-9-10-23(16(2)11-20)34-15-24(31)32;1-2-3-4-5(6,7)8/h4-13H,1,14-15H2,2-3H3,(H,31,32);2-3H,4H2,1H3/b17-6+;3-2-. The van der Waals surface area contributed by atoms with E-state index >= 15 is 0 Å². The highest BCUT2D eigenvalue weighted by atomic mass is 19.4. The van der Waals surface area contributed by atoms with Crippen molar-refractivity contribution in [1.29, 1.82) is 0 Å². The van der Waals surface area contributed by atoms with Crippen molar-refractivity contribution in [2.45, 2.75) is 46.3 Å². The van der Waals surface area contributed by atoms with Gasteiger partial charge in [0.15, 0.2) is 6.61 Å². The zero-order valence-corrected chi connectivity index (χ0v) is 23.5. The number of alkyl halides is 6. The largest absolute Gasteiger partial charge is 0.573 e. The number of allylic oxidation sites excluding steroid dienone is 5. The summed E-state index contributed by atoms with van der Waals surface area (Å²) in [5, 5.41) is 13.3. The number of ether oxygens (including phenoxy) is 3. The van der Waals surface area contributed by atoms with E-state index in [1.54, 1.807) is 67.9 Å². The molecule has 7 nitrogen and oxygen atoms in total. The van der Waals surface area contributed by atoms with Gasteiger partial charge in [-0.25, -0.2) is 9.48 Å². The molecule has 0 aliphatic rings. The Morgan fingerprint density at radius 1 is 1.05 bits per heavy atom. The fourth-order valence-corrected chi connectivity index (χ4v) is 3.49. The number of aliphatic carboxylic acids is 1. The molecule has 0 fully saturated rings. The van der Waals surface area contributed by atoms with Gasteiger partial charge in [0.05, 0.1) is 12.1 Å². The monoisotopic (exact) mass is 612 g/mol. The molecular weight excluding hydrogens is 582 g/mol. The summed E-state index contributed by atoms with van der Waals surface area (Å²) in [6.45, 7) is 8.41. The third kappa shape index (κ3) is 12.4. The first-order valence-corrected chi connectivity index (χ1v) is 12.6. The highest BCUT2D eigenvalue weighted by molar-refractivity contribution is 5.68. The molecule has 0 amide bonds. The fraction of sp³-hybridized carbons (Fsp3) is 0.267. The van der Waals surface area contributed by atoms with E-state index < -0.39 is 31.5 Å². The lowest BCUT2D eigenvalue weighted by Crippen LogP contribution is -2.17. The van der Waals surface area contributed by atoms with Crippen molar-refractivity contribution in [2.75, 3.05) is 6.61 Å². The highest BCUT2D eigenvalue weighted by Crippen LogP contribution is 2.30. The summed E-state index contributed by atoms with van der Waals surface area (Å²) < 4.78 is 88.3. The maximum absolute atomic E-state index is 12.7. The maximum atomic E-state index is 12.7. The normalized spacial score (nSPS) is 12.0. The van der Waals surface area contributed by atoms with Crippen LogP contribution in [0.25, 0.3) is 17.0 Å². The quantitative estimate of drug-likeness (QED) is 0.133. The number of carboxylic acids is 1. The Morgan fingerprint density at radius 3 is 2.33 bits per heavy atom. The Kier molecular flexibility index (Phi) is 12.5. The van der Waals surface area contributed by atoms with E-state index in [1.165, 1.54) is 24.3 Å². The van der Waals surface area contributed by atoms with E-state index in [2.05, 4.69) is 16.4 Å². The third-order valence-corrected chi connectivity index (χ3v) is 5.29. The van der Waals surface area contributed by atoms with E-state index in [0.717, 1.165) is 6.08 Å². The average Bonchev–Trinajstić information content (AvgIpc) is 3.34. The topological polar surface area (TPSA) is 82.8 Å². The Morgan fingerprint density at radius 2 is 1.77 bits per heavy atom. The molecule has 2 aromatic carbocycles. The maximum Gasteiger partial charge on any atom is 0.573 e. The van der Waals surface area contributed by atoms with E-state index in [9.17, 15) is 31.1 Å². The molecule has 0 aliphatic heterocycles. The number of nitrogens with zero attached hydrogens (tertiary/aromatic N) is 2. The van der Waals surface area contributed by atoms with Crippen LogP contribution in [0.15, 0.2) is 79.4 Å². The molecule has 0 saturated carbocycles. The van der Waals surface area contributed by atoms with Gasteiger partial charge in [-0.1, -0.05) is 36.9 Å². The number of aryl methyl sites for hydroxylation is 1. The summed E-state index contributed by atoms with van der Waals surface area (Å²) >= 11 is 0. The predicted molar refractivity (Wildman–Crippen MR) is 149 cm³/mol. The second kappa shape index (κ2) is 15.5. The summed E-state index contributed by atoms with van der Waals surface area (Å²) in [4.78, 5) is 10.7. The van der Waals surface area contributed by atoms with Crippen LogP contribution in [0.2, 0.25) is 0 Å². The molecule has 0 radical (unpaired) electrons. The first kappa shape index (κ1) is 34.5. The number of rotatable bonds is 11. The highest BCUT2D eigenvalue weighted by Gasteiger charge is 2.31. The summed E-state index contributed by atoms with van der Waals surface area (Å²) in [7, 11) is 0. The van der Waals surface area contributed by atoms with Gasteiger partial charge in [-0.05, 0) is 68.8 Å². The van der Waals surface area contributed by atoms with Crippen LogP contribution in [0.3, 0.4) is 0 Å². The minimum Gasteiger partial charge on any atom is -0.487 e. The second-order valence-corrected chi connectivity index (χ2v) is 8.84. The lowest BCUT2D eigenvalue weighted by Gasteiger charge is -2.11. The van der Waals surface area contributed by atoms with Crippen LogP contribution in [-0.4, -0.2) is 40.0 Å². The van der Waals surface area contributed by atoms with Gasteiger partial charge < -0.3 is 19.3 Å². The van der Waals surface area contributed by atoms with Gasteiger partial charge in [0.1, 0.15) is 29.5 Å². The average molecular weight is 613 g/mol. The van der Waals surface area contributed by atoms with Crippen molar-refractivity contribution in [3.8, 4) is 28.5 Å². The molecule has 3 rings (SSSR count). The molecule has 1 aromatic heterocycles. The van der Waals surface area contributed by atoms with E-state index in [4.69, 9.17) is 14.6 Å². The Balaban J connectivity index is 0.000000708. The molecular formula is C30H30F6N2O5. The number of benzene rings is 2. The van der Waals surface area contributed by atoms with Gasteiger partial charge in [-0.15, -0.1) is 13.2 Å². The van der Waals surface area contributed by atoms with E-state index in [-0.39, 0.29) is 12.4 Å². The molecule has 13 heteroatoms. The SMILES string of the molecule is C/C=C\CC(F)(F)F.C=C/C=C(\C)n1nc(COc2ccc(OCC(=O)O)c(C)c2)cc1-c1cccc(OC(F)(F)F)c1. The summed E-state index contributed by atoms with van der Waals surface area (Å²) in [5.41, 5.74) is 2.93. The second-order valence-electron chi connectivity index (χ2n) is 8.84. The molecule has 1 heterocycles. The van der Waals surface area contributed by atoms with Crippen LogP contribution in [0.1, 0.15) is 31.5 Å². The molecule has 0 atom stereocenters. The molecule has 3 aromatic rings. The lowest BCUT2D eigenvalue weighted by atomic mass is 10.1. The third-order valence-electron chi connectivity index (χ3n) is 5.29.